The number of nitrogens with zero attached hydrogens (tertiary/aromatic N) is 1. The molecule has 1 aliphatic heterocycles. The number of carbonyl (C=O) groups is 2. The summed E-state index contributed by atoms with van der Waals surface area (Å²) >= 11 is 0. The fourth-order valence-corrected chi connectivity index (χ4v) is 4.32. The smallest absolute Gasteiger partial charge is 0.255 e. The van der Waals surface area contributed by atoms with E-state index in [2.05, 4.69) is 22.6 Å². The van der Waals surface area contributed by atoms with Crippen molar-refractivity contribution < 1.29 is 19.1 Å². The Bertz CT molecular complexity index is 1100. The highest BCUT2D eigenvalue weighted by atomic mass is 16.5. The number of methoxy groups -OCH3 is 1. The van der Waals surface area contributed by atoms with Gasteiger partial charge in [0.05, 0.1) is 25.8 Å². The van der Waals surface area contributed by atoms with E-state index in [1.807, 2.05) is 30.0 Å². The van der Waals surface area contributed by atoms with E-state index in [0.29, 0.717) is 36.9 Å². The summed E-state index contributed by atoms with van der Waals surface area (Å²) in [4.78, 5) is 30.4. The second-order valence-electron chi connectivity index (χ2n) is 7.92. The van der Waals surface area contributed by atoms with E-state index in [1.54, 1.807) is 25.3 Å². The highest BCUT2D eigenvalue weighted by Crippen LogP contribution is 2.34. The molecular formula is C25H29N3O4. The lowest BCUT2D eigenvalue weighted by atomic mass is 9.89. The Labute approximate surface area is 187 Å². The number of aromatic nitrogens is 1. The number of hydrogen-bond donors (Lipinski definition) is 2. The number of hydrogen-bond acceptors (Lipinski definition) is 4. The third-order valence-electron chi connectivity index (χ3n) is 6.04. The summed E-state index contributed by atoms with van der Waals surface area (Å²) in [5.74, 6) is 1.38. The number of benzene rings is 2. The Balaban J connectivity index is 1.33. The summed E-state index contributed by atoms with van der Waals surface area (Å²) in [6, 6.07) is 13.1. The second kappa shape index (κ2) is 9.77. The van der Waals surface area contributed by atoms with Crippen LogP contribution in [0.25, 0.3) is 10.9 Å². The van der Waals surface area contributed by atoms with Crippen LogP contribution in [0.1, 0.15) is 41.6 Å². The van der Waals surface area contributed by atoms with Gasteiger partial charge in [-0.05, 0) is 61.6 Å². The number of nitrogens with one attached hydrogen (secondary N) is 2. The minimum Gasteiger partial charge on any atom is -0.497 e. The zero-order chi connectivity index (χ0) is 22.5. The molecule has 2 aromatic carbocycles. The number of amides is 2. The normalized spacial score (nSPS) is 14.4. The molecule has 0 saturated carbocycles. The molecule has 1 aromatic heterocycles. The monoisotopic (exact) mass is 435 g/mol. The van der Waals surface area contributed by atoms with Crippen LogP contribution in [-0.4, -0.2) is 55.0 Å². The van der Waals surface area contributed by atoms with Crippen molar-refractivity contribution in [1.29, 1.82) is 0 Å². The maximum atomic E-state index is 12.7. The number of piperidine rings is 1. The molecule has 0 unspecified atom stereocenters. The SMILES string of the molecule is CCOc1ccccc1C(=O)NCC(=O)N1CCC(c2c[nH]c3ccc(OC)cc23)CC1. The van der Waals surface area contributed by atoms with Gasteiger partial charge in [0.1, 0.15) is 11.5 Å². The summed E-state index contributed by atoms with van der Waals surface area (Å²) < 4.78 is 10.9. The van der Waals surface area contributed by atoms with Gasteiger partial charge in [-0.2, -0.15) is 0 Å². The largest absolute Gasteiger partial charge is 0.497 e. The maximum absolute atomic E-state index is 12.7. The first-order chi connectivity index (χ1) is 15.6. The van der Waals surface area contributed by atoms with E-state index >= 15 is 0 Å². The number of carbonyl (C=O) groups excluding carboxylic acids is 2. The quantitative estimate of drug-likeness (QED) is 0.593. The number of likely N-dealkylation sites (tertiary alicyclic amines) is 1. The lowest BCUT2D eigenvalue weighted by Gasteiger charge is -2.32. The zero-order valence-electron chi connectivity index (χ0n) is 18.5. The van der Waals surface area contributed by atoms with E-state index in [1.165, 1.54) is 10.9 Å². The van der Waals surface area contributed by atoms with Gasteiger partial charge in [0, 0.05) is 30.2 Å². The van der Waals surface area contributed by atoms with Crippen molar-refractivity contribution in [3.8, 4) is 11.5 Å². The number of aromatic amines is 1. The van der Waals surface area contributed by atoms with Gasteiger partial charge in [-0.15, -0.1) is 0 Å². The zero-order valence-corrected chi connectivity index (χ0v) is 18.5. The molecule has 0 aliphatic carbocycles. The van der Waals surface area contributed by atoms with Crippen molar-refractivity contribution >= 4 is 22.7 Å². The highest BCUT2D eigenvalue weighted by Gasteiger charge is 2.26. The van der Waals surface area contributed by atoms with Crippen molar-refractivity contribution in [3.05, 3.63) is 59.8 Å². The molecule has 0 spiro atoms. The molecule has 2 heterocycles. The van der Waals surface area contributed by atoms with Gasteiger partial charge in [0.25, 0.3) is 5.91 Å². The van der Waals surface area contributed by atoms with Crippen molar-refractivity contribution in [2.45, 2.75) is 25.7 Å². The Morgan fingerprint density at radius 2 is 1.94 bits per heavy atom. The molecule has 3 aromatic rings. The molecule has 1 fully saturated rings. The number of ether oxygens (including phenoxy) is 2. The Morgan fingerprint density at radius 3 is 2.69 bits per heavy atom. The first-order valence-corrected chi connectivity index (χ1v) is 11.0. The fraction of sp³-hybridized carbons (Fsp3) is 0.360. The van der Waals surface area contributed by atoms with Crippen LogP contribution in [0.4, 0.5) is 0 Å². The van der Waals surface area contributed by atoms with Crippen LogP contribution in [0.5, 0.6) is 11.5 Å². The minimum atomic E-state index is -0.301. The molecular weight excluding hydrogens is 406 g/mol. The summed E-state index contributed by atoms with van der Waals surface area (Å²) in [7, 11) is 1.67. The van der Waals surface area contributed by atoms with Crippen LogP contribution in [-0.2, 0) is 4.79 Å². The van der Waals surface area contributed by atoms with E-state index in [9.17, 15) is 9.59 Å². The lowest BCUT2D eigenvalue weighted by molar-refractivity contribution is -0.131. The Morgan fingerprint density at radius 1 is 1.16 bits per heavy atom. The third-order valence-corrected chi connectivity index (χ3v) is 6.04. The summed E-state index contributed by atoms with van der Waals surface area (Å²) in [5, 5.41) is 3.92. The van der Waals surface area contributed by atoms with Crippen molar-refractivity contribution in [3.63, 3.8) is 0 Å². The first-order valence-electron chi connectivity index (χ1n) is 11.0. The van der Waals surface area contributed by atoms with Crippen LogP contribution in [0.2, 0.25) is 0 Å². The van der Waals surface area contributed by atoms with Gasteiger partial charge in [-0.25, -0.2) is 0 Å². The predicted octanol–water partition coefficient (Wildman–Crippen LogP) is 3.71. The van der Waals surface area contributed by atoms with E-state index in [0.717, 1.165) is 24.1 Å². The molecule has 7 nitrogen and oxygen atoms in total. The molecule has 1 saturated heterocycles. The van der Waals surface area contributed by atoms with Gasteiger partial charge in [0.15, 0.2) is 0 Å². The number of H-pyrrole nitrogens is 1. The molecule has 32 heavy (non-hydrogen) atoms. The van der Waals surface area contributed by atoms with E-state index < -0.39 is 0 Å². The second-order valence-corrected chi connectivity index (χ2v) is 7.92. The molecule has 0 bridgehead atoms. The highest BCUT2D eigenvalue weighted by molar-refractivity contribution is 5.98. The molecule has 0 radical (unpaired) electrons. The van der Waals surface area contributed by atoms with Gasteiger partial charge in [0.2, 0.25) is 5.91 Å². The van der Waals surface area contributed by atoms with Crippen molar-refractivity contribution in [2.24, 2.45) is 0 Å². The molecule has 168 valence electrons. The summed E-state index contributed by atoms with van der Waals surface area (Å²) in [5.41, 5.74) is 2.80. The molecule has 7 heteroatoms. The number of rotatable bonds is 7. The third kappa shape index (κ3) is 4.56. The Kier molecular flexibility index (Phi) is 6.63. The number of para-hydroxylation sites is 1. The van der Waals surface area contributed by atoms with Gasteiger partial charge in [-0.1, -0.05) is 12.1 Å². The average Bonchev–Trinajstić information content (AvgIpc) is 3.26. The van der Waals surface area contributed by atoms with Crippen LogP contribution in [0.3, 0.4) is 0 Å². The summed E-state index contributed by atoms with van der Waals surface area (Å²) in [6.07, 6.45) is 3.84. The average molecular weight is 436 g/mol. The van der Waals surface area contributed by atoms with E-state index in [4.69, 9.17) is 9.47 Å². The molecule has 2 N–H and O–H groups in total. The topological polar surface area (TPSA) is 83.7 Å². The maximum Gasteiger partial charge on any atom is 0.255 e. The van der Waals surface area contributed by atoms with Crippen LogP contribution >= 0.6 is 0 Å². The van der Waals surface area contributed by atoms with Gasteiger partial charge < -0.3 is 24.7 Å². The van der Waals surface area contributed by atoms with Crippen LogP contribution in [0.15, 0.2) is 48.7 Å². The fourth-order valence-electron chi connectivity index (χ4n) is 4.32. The summed E-state index contributed by atoms with van der Waals surface area (Å²) in [6.45, 7) is 3.67. The number of fused-ring (bicyclic) bond motifs is 1. The molecule has 1 aliphatic rings. The lowest BCUT2D eigenvalue weighted by Crippen LogP contribution is -2.43. The van der Waals surface area contributed by atoms with Crippen LogP contribution < -0.4 is 14.8 Å². The minimum absolute atomic E-state index is 0.0196. The molecule has 2 amide bonds. The Hall–Kier alpha value is -3.48. The van der Waals surface area contributed by atoms with Crippen molar-refractivity contribution in [2.75, 3.05) is 33.4 Å². The standard InChI is InChI=1S/C25H29N3O4/c1-3-32-23-7-5-4-6-19(23)25(30)27-16-24(29)28-12-10-17(11-13-28)21-15-26-22-9-8-18(31-2)14-20(21)22/h4-9,14-15,17,26H,3,10-13,16H2,1-2H3,(H,27,30). The predicted molar refractivity (Wildman–Crippen MR) is 123 cm³/mol. The molecule has 4 rings (SSSR count). The first kappa shape index (κ1) is 21.7. The van der Waals surface area contributed by atoms with Gasteiger partial charge in [-0.3, -0.25) is 9.59 Å². The molecule has 0 atom stereocenters. The van der Waals surface area contributed by atoms with Gasteiger partial charge >= 0.3 is 0 Å². The van der Waals surface area contributed by atoms with E-state index in [-0.39, 0.29) is 18.4 Å². The van der Waals surface area contributed by atoms with Crippen molar-refractivity contribution in [1.82, 2.24) is 15.2 Å². The van der Waals surface area contributed by atoms with Crippen LogP contribution in [0, 0.1) is 0 Å².